The molecule has 0 N–H and O–H groups in total. The third kappa shape index (κ3) is 2.33. The summed E-state index contributed by atoms with van der Waals surface area (Å²) in [5.41, 5.74) is 2.33. The first-order valence-corrected chi connectivity index (χ1v) is 7.58. The lowest BCUT2D eigenvalue weighted by Gasteiger charge is -2.33. The van der Waals surface area contributed by atoms with E-state index < -0.39 is 0 Å². The summed E-state index contributed by atoms with van der Waals surface area (Å²) in [6.45, 7) is 4.91. The minimum atomic E-state index is 0.357. The van der Waals surface area contributed by atoms with Gasteiger partial charge in [0.2, 0.25) is 11.7 Å². The fraction of sp³-hybridized carbons (Fsp3) is 0.294. The van der Waals surface area contributed by atoms with Gasteiger partial charge >= 0.3 is 0 Å². The van der Waals surface area contributed by atoms with Gasteiger partial charge in [-0.1, -0.05) is 35.5 Å². The van der Waals surface area contributed by atoms with Crippen molar-refractivity contribution in [1.82, 2.24) is 19.6 Å². The predicted molar refractivity (Wildman–Crippen MR) is 83.0 cm³/mol. The van der Waals surface area contributed by atoms with Crippen LogP contribution in [0.1, 0.15) is 24.6 Å². The van der Waals surface area contributed by atoms with E-state index in [0.717, 1.165) is 18.7 Å². The molecule has 112 valence electrons. The monoisotopic (exact) mass is 294 g/mol. The molecule has 0 aliphatic carbocycles. The maximum absolute atomic E-state index is 5.43. The molecule has 0 bridgehead atoms. The quantitative estimate of drug-likeness (QED) is 0.744. The second-order valence-electron chi connectivity index (χ2n) is 5.65. The van der Waals surface area contributed by atoms with E-state index in [-0.39, 0.29) is 0 Å². The average molecular weight is 294 g/mol. The van der Waals surface area contributed by atoms with E-state index in [1.54, 1.807) is 0 Å². The van der Waals surface area contributed by atoms with Crippen molar-refractivity contribution in [3.63, 3.8) is 0 Å². The SMILES string of the molecule is CC1c2cccn2CCN1Cc1nc(-c2ccccc2)no1. The zero-order valence-corrected chi connectivity index (χ0v) is 12.5. The summed E-state index contributed by atoms with van der Waals surface area (Å²) in [6, 6.07) is 14.6. The minimum absolute atomic E-state index is 0.357. The van der Waals surface area contributed by atoms with Crippen LogP contribution in [0.2, 0.25) is 0 Å². The van der Waals surface area contributed by atoms with Crippen LogP contribution < -0.4 is 0 Å². The van der Waals surface area contributed by atoms with Crippen LogP contribution in [0.25, 0.3) is 11.4 Å². The van der Waals surface area contributed by atoms with E-state index in [1.165, 1.54) is 5.69 Å². The van der Waals surface area contributed by atoms with Gasteiger partial charge in [-0.15, -0.1) is 0 Å². The van der Waals surface area contributed by atoms with Gasteiger partial charge < -0.3 is 9.09 Å². The van der Waals surface area contributed by atoms with Crippen LogP contribution >= 0.6 is 0 Å². The molecule has 1 aliphatic heterocycles. The third-order valence-electron chi connectivity index (χ3n) is 4.31. The van der Waals surface area contributed by atoms with E-state index in [0.29, 0.717) is 24.3 Å². The minimum Gasteiger partial charge on any atom is -0.349 e. The fourth-order valence-electron chi connectivity index (χ4n) is 3.04. The molecule has 0 fully saturated rings. The summed E-state index contributed by atoms with van der Waals surface area (Å²) in [5, 5.41) is 4.09. The zero-order chi connectivity index (χ0) is 14.9. The number of hydrogen-bond donors (Lipinski definition) is 0. The molecule has 0 amide bonds. The summed E-state index contributed by atoms with van der Waals surface area (Å²) < 4.78 is 7.74. The lowest BCUT2D eigenvalue weighted by atomic mass is 10.1. The van der Waals surface area contributed by atoms with Gasteiger partial charge in [-0.05, 0) is 19.1 Å². The first kappa shape index (κ1) is 13.3. The molecule has 1 aromatic carbocycles. The number of aromatic nitrogens is 3. The first-order chi connectivity index (χ1) is 10.8. The maximum Gasteiger partial charge on any atom is 0.241 e. The van der Waals surface area contributed by atoms with Crippen LogP contribution in [0.5, 0.6) is 0 Å². The molecule has 1 atom stereocenters. The molecule has 0 saturated carbocycles. The van der Waals surface area contributed by atoms with Crippen molar-refractivity contribution in [3.8, 4) is 11.4 Å². The molecule has 1 aliphatic rings. The average Bonchev–Trinajstić information content (AvgIpc) is 3.20. The van der Waals surface area contributed by atoms with Gasteiger partial charge in [0, 0.05) is 36.6 Å². The maximum atomic E-state index is 5.43. The standard InChI is InChI=1S/C17H18N4O/c1-13-15-8-5-9-20(15)10-11-21(13)12-16-18-17(19-22-16)14-6-3-2-4-7-14/h2-9,13H,10-12H2,1H3. The van der Waals surface area contributed by atoms with Gasteiger partial charge in [0.05, 0.1) is 6.54 Å². The Hall–Kier alpha value is -2.40. The molecule has 0 spiro atoms. The molecule has 4 rings (SSSR count). The van der Waals surface area contributed by atoms with Crippen molar-refractivity contribution in [2.45, 2.75) is 26.1 Å². The normalized spacial score (nSPS) is 18.3. The number of hydrogen-bond acceptors (Lipinski definition) is 4. The third-order valence-corrected chi connectivity index (χ3v) is 4.31. The Morgan fingerprint density at radius 1 is 1.14 bits per heavy atom. The Morgan fingerprint density at radius 3 is 2.86 bits per heavy atom. The van der Waals surface area contributed by atoms with Crippen LogP contribution in [0.4, 0.5) is 0 Å². The first-order valence-electron chi connectivity index (χ1n) is 7.58. The van der Waals surface area contributed by atoms with Gasteiger partial charge in [0.1, 0.15) is 0 Å². The van der Waals surface area contributed by atoms with Crippen molar-refractivity contribution >= 4 is 0 Å². The molecule has 3 heterocycles. The lowest BCUT2D eigenvalue weighted by molar-refractivity contribution is 0.141. The number of benzene rings is 1. The number of fused-ring (bicyclic) bond motifs is 1. The molecule has 0 radical (unpaired) electrons. The van der Waals surface area contributed by atoms with Crippen LogP contribution in [-0.4, -0.2) is 26.2 Å². The Kier molecular flexibility index (Phi) is 3.27. The highest BCUT2D eigenvalue weighted by Crippen LogP contribution is 2.27. The van der Waals surface area contributed by atoms with E-state index in [2.05, 4.69) is 44.9 Å². The van der Waals surface area contributed by atoms with Gasteiger partial charge in [-0.2, -0.15) is 4.98 Å². The summed E-state index contributed by atoms with van der Waals surface area (Å²) in [5.74, 6) is 1.33. The molecule has 22 heavy (non-hydrogen) atoms. The number of rotatable bonds is 3. The largest absolute Gasteiger partial charge is 0.349 e. The van der Waals surface area contributed by atoms with Gasteiger partial charge in [0.25, 0.3) is 0 Å². The topological polar surface area (TPSA) is 47.1 Å². The number of nitrogens with zero attached hydrogens (tertiary/aromatic N) is 4. The zero-order valence-electron chi connectivity index (χ0n) is 12.5. The molecule has 5 heteroatoms. The van der Waals surface area contributed by atoms with Crippen molar-refractivity contribution in [2.24, 2.45) is 0 Å². The fourth-order valence-corrected chi connectivity index (χ4v) is 3.04. The summed E-state index contributed by atoms with van der Waals surface area (Å²) >= 11 is 0. The van der Waals surface area contributed by atoms with Crippen LogP contribution in [0.15, 0.2) is 53.2 Å². The van der Waals surface area contributed by atoms with E-state index >= 15 is 0 Å². The highest BCUT2D eigenvalue weighted by Gasteiger charge is 2.25. The Morgan fingerprint density at radius 2 is 2.00 bits per heavy atom. The van der Waals surface area contributed by atoms with E-state index in [4.69, 9.17) is 4.52 Å². The smallest absolute Gasteiger partial charge is 0.241 e. The second-order valence-corrected chi connectivity index (χ2v) is 5.65. The van der Waals surface area contributed by atoms with Gasteiger partial charge in [-0.25, -0.2) is 0 Å². The van der Waals surface area contributed by atoms with Crippen molar-refractivity contribution in [1.29, 1.82) is 0 Å². The Balaban J connectivity index is 1.52. The molecule has 1 unspecified atom stereocenters. The van der Waals surface area contributed by atoms with Crippen LogP contribution in [0, 0.1) is 0 Å². The second kappa shape index (κ2) is 5.42. The van der Waals surface area contributed by atoms with Gasteiger partial charge in [-0.3, -0.25) is 4.90 Å². The molecular weight excluding hydrogens is 276 g/mol. The lowest BCUT2D eigenvalue weighted by Crippen LogP contribution is -2.35. The van der Waals surface area contributed by atoms with Crippen molar-refractivity contribution in [3.05, 3.63) is 60.2 Å². The highest BCUT2D eigenvalue weighted by atomic mass is 16.5. The highest BCUT2D eigenvalue weighted by molar-refractivity contribution is 5.53. The molecule has 2 aromatic heterocycles. The van der Waals surface area contributed by atoms with Crippen LogP contribution in [-0.2, 0) is 13.1 Å². The van der Waals surface area contributed by atoms with E-state index in [9.17, 15) is 0 Å². The molecule has 3 aromatic rings. The molecule has 0 saturated heterocycles. The summed E-state index contributed by atoms with van der Waals surface area (Å²) in [4.78, 5) is 6.90. The predicted octanol–water partition coefficient (Wildman–Crippen LogP) is 3.11. The molecule has 5 nitrogen and oxygen atoms in total. The summed E-state index contributed by atoms with van der Waals surface area (Å²) in [6.07, 6.45) is 2.14. The van der Waals surface area contributed by atoms with Crippen molar-refractivity contribution < 1.29 is 4.52 Å². The van der Waals surface area contributed by atoms with Crippen LogP contribution in [0.3, 0.4) is 0 Å². The van der Waals surface area contributed by atoms with Gasteiger partial charge in [0.15, 0.2) is 0 Å². The molecular formula is C17H18N4O. The van der Waals surface area contributed by atoms with Crippen molar-refractivity contribution in [2.75, 3.05) is 6.54 Å². The summed E-state index contributed by atoms with van der Waals surface area (Å²) in [7, 11) is 0. The van der Waals surface area contributed by atoms with E-state index in [1.807, 2.05) is 30.3 Å². The Bertz CT molecular complexity index is 762. The Labute approximate surface area is 129 Å².